The highest BCUT2D eigenvalue weighted by molar-refractivity contribution is 7.99. The van der Waals surface area contributed by atoms with Crippen molar-refractivity contribution in [2.75, 3.05) is 5.75 Å². The lowest BCUT2D eigenvalue weighted by Crippen LogP contribution is -1.97. The normalized spacial score (nSPS) is 10.4. The number of carbonyl (C=O) groups is 1. The smallest absolute Gasteiger partial charge is 0.313 e. The Morgan fingerprint density at radius 2 is 1.87 bits per heavy atom. The molecule has 0 unspecified atom stereocenters. The van der Waals surface area contributed by atoms with Crippen molar-refractivity contribution >= 4 is 17.7 Å². The number of rotatable bonds is 6. The standard InChI is InChI=1S/C16H13N3O3S/c20-14(21)10-23-16-17-15(18-19-16)11-5-4-8-13(9-11)22-12-6-2-1-3-7-12/h1-9H,10H2,(H,20,21)(H,17,18,19). The number of ether oxygens (including phenoxy) is 1. The molecule has 23 heavy (non-hydrogen) atoms. The number of aromatic amines is 1. The fourth-order valence-corrected chi connectivity index (χ4v) is 2.43. The third-order valence-electron chi connectivity index (χ3n) is 2.88. The van der Waals surface area contributed by atoms with Gasteiger partial charge in [0, 0.05) is 5.56 Å². The van der Waals surface area contributed by atoms with Crippen LogP contribution in [0.25, 0.3) is 11.4 Å². The van der Waals surface area contributed by atoms with Crippen LogP contribution in [0, 0.1) is 0 Å². The first-order valence-corrected chi connectivity index (χ1v) is 7.80. The molecule has 116 valence electrons. The summed E-state index contributed by atoms with van der Waals surface area (Å²) < 4.78 is 5.78. The number of nitrogens with one attached hydrogen (secondary N) is 1. The van der Waals surface area contributed by atoms with Crippen molar-refractivity contribution in [2.24, 2.45) is 0 Å². The van der Waals surface area contributed by atoms with Gasteiger partial charge in [-0.2, -0.15) is 0 Å². The molecule has 1 heterocycles. The average Bonchev–Trinajstić information content (AvgIpc) is 3.03. The summed E-state index contributed by atoms with van der Waals surface area (Å²) in [6.07, 6.45) is 0. The highest BCUT2D eigenvalue weighted by Gasteiger charge is 2.09. The number of hydrogen-bond acceptors (Lipinski definition) is 5. The minimum absolute atomic E-state index is 0.0637. The average molecular weight is 327 g/mol. The van der Waals surface area contributed by atoms with E-state index in [1.165, 1.54) is 0 Å². The van der Waals surface area contributed by atoms with Crippen LogP contribution in [0.1, 0.15) is 0 Å². The number of aromatic nitrogens is 3. The second kappa shape index (κ2) is 6.97. The van der Waals surface area contributed by atoms with Gasteiger partial charge in [0.2, 0.25) is 0 Å². The van der Waals surface area contributed by atoms with Gasteiger partial charge in [-0.15, -0.1) is 10.2 Å². The van der Waals surface area contributed by atoms with Gasteiger partial charge in [0.1, 0.15) is 11.5 Å². The number of hydrogen-bond donors (Lipinski definition) is 2. The van der Waals surface area contributed by atoms with Crippen molar-refractivity contribution in [2.45, 2.75) is 5.16 Å². The fourth-order valence-electron chi connectivity index (χ4n) is 1.90. The Kier molecular flexibility index (Phi) is 4.58. The second-order valence-corrected chi connectivity index (χ2v) is 5.57. The molecule has 7 heteroatoms. The first-order valence-electron chi connectivity index (χ1n) is 6.81. The Morgan fingerprint density at radius 3 is 2.65 bits per heavy atom. The number of thioether (sulfide) groups is 1. The highest BCUT2D eigenvalue weighted by atomic mass is 32.2. The summed E-state index contributed by atoms with van der Waals surface area (Å²) in [6, 6.07) is 16.9. The molecule has 0 radical (unpaired) electrons. The molecule has 0 amide bonds. The lowest BCUT2D eigenvalue weighted by atomic mass is 10.2. The van der Waals surface area contributed by atoms with E-state index < -0.39 is 5.97 Å². The minimum atomic E-state index is -0.897. The SMILES string of the molecule is O=C(O)CSc1nnc(-c2cccc(Oc3ccccc3)c2)[nH]1. The van der Waals surface area contributed by atoms with E-state index in [0.29, 0.717) is 16.7 Å². The molecule has 2 N–H and O–H groups in total. The fraction of sp³-hybridized carbons (Fsp3) is 0.0625. The van der Waals surface area contributed by atoms with Crippen LogP contribution in [-0.2, 0) is 4.79 Å². The third kappa shape index (κ3) is 4.10. The molecule has 0 spiro atoms. The van der Waals surface area contributed by atoms with Gasteiger partial charge < -0.3 is 14.8 Å². The molecule has 2 aromatic carbocycles. The van der Waals surface area contributed by atoms with Crippen molar-refractivity contribution in [3.63, 3.8) is 0 Å². The number of carboxylic acid groups (broad SMARTS) is 1. The molecule has 0 aliphatic heterocycles. The lowest BCUT2D eigenvalue weighted by Gasteiger charge is -2.06. The Labute approximate surface area is 136 Å². The van der Waals surface area contributed by atoms with E-state index in [-0.39, 0.29) is 5.75 Å². The maximum Gasteiger partial charge on any atom is 0.313 e. The predicted molar refractivity (Wildman–Crippen MR) is 86.7 cm³/mol. The van der Waals surface area contributed by atoms with Crippen LogP contribution in [0.15, 0.2) is 59.8 Å². The van der Waals surface area contributed by atoms with Crippen LogP contribution in [0.3, 0.4) is 0 Å². The number of carboxylic acids is 1. The predicted octanol–water partition coefficient (Wildman–Crippen LogP) is 3.44. The molecule has 1 aromatic heterocycles. The molecule has 0 saturated heterocycles. The van der Waals surface area contributed by atoms with Crippen LogP contribution in [0.4, 0.5) is 0 Å². The Balaban J connectivity index is 1.76. The molecule has 0 aliphatic rings. The lowest BCUT2D eigenvalue weighted by molar-refractivity contribution is -0.133. The van der Waals surface area contributed by atoms with Crippen molar-refractivity contribution in [3.8, 4) is 22.9 Å². The van der Waals surface area contributed by atoms with Crippen LogP contribution < -0.4 is 4.74 Å². The largest absolute Gasteiger partial charge is 0.481 e. The zero-order valence-corrected chi connectivity index (χ0v) is 12.8. The molecule has 0 aliphatic carbocycles. The van der Waals surface area contributed by atoms with Gasteiger partial charge in [-0.1, -0.05) is 42.1 Å². The first-order chi connectivity index (χ1) is 11.2. The summed E-state index contributed by atoms with van der Waals surface area (Å²) in [5.74, 6) is 1.04. The molecule has 0 saturated carbocycles. The van der Waals surface area contributed by atoms with Crippen LogP contribution in [-0.4, -0.2) is 32.0 Å². The maximum absolute atomic E-state index is 10.6. The number of nitrogens with zero attached hydrogens (tertiary/aromatic N) is 2. The van der Waals surface area contributed by atoms with Gasteiger partial charge in [0.25, 0.3) is 0 Å². The number of aliphatic carboxylic acids is 1. The summed E-state index contributed by atoms with van der Waals surface area (Å²) >= 11 is 1.09. The number of H-pyrrole nitrogens is 1. The van der Waals surface area contributed by atoms with Crippen LogP contribution in [0.5, 0.6) is 11.5 Å². The second-order valence-electron chi connectivity index (χ2n) is 4.60. The monoisotopic (exact) mass is 327 g/mol. The summed E-state index contributed by atoms with van der Waals surface area (Å²) in [4.78, 5) is 13.6. The van der Waals surface area contributed by atoms with Crippen molar-refractivity contribution in [3.05, 3.63) is 54.6 Å². The van der Waals surface area contributed by atoms with Crippen molar-refractivity contribution < 1.29 is 14.6 Å². The zero-order chi connectivity index (χ0) is 16.1. The molecular formula is C16H13N3O3S. The first kappa shape index (κ1) is 15.1. The van der Waals surface area contributed by atoms with Crippen molar-refractivity contribution in [1.82, 2.24) is 15.2 Å². The third-order valence-corrected chi connectivity index (χ3v) is 3.73. The quantitative estimate of drug-likeness (QED) is 0.674. The summed E-state index contributed by atoms with van der Waals surface area (Å²) in [5.41, 5.74) is 0.813. The Hall–Kier alpha value is -2.80. The van der Waals surface area contributed by atoms with Gasteiger partial charge in [-0.05, 0) is 24.3 Å². The number of para-hydroxylation sites is 1. The van der Waals surface area contributed by atoms with Gasteiger partial charge in [0.05, 0.1) is 5.75 Å². The van der Waals surface area contributed by atoms with Gasteiger partial charge in [-0.25, -0.2) is 0 Å². The molecule has 0 bridgehead atoms. The van der Waals surface area contributed by atoms with E-state index in [1.54, 1.807) is 0 Å². The minimum Gasteiger partial charge on any atom is -0.481 e. The zero-order valence-electron chi connectivity index (χ0n) is 12.0. The molecule has 3 aromatic rings. The van der Waals surface area contributed by atoms with Crippen LogP contribution >= 0.6 is 11.8 Å². The van der Waals surface area contributed by atoms with Crippen LogP contribution in [0.2, 0.25) is 0 Å². The summed E-state index contributed by atoms with van der Waals surface area (Å²) in [5, 5.41) is 17.1. The van der Waals surface area contributed by atoms with E-state index in [0.717, 1.165) is 23.1 Å². The maximum atomic E-state index is 10.6. The van der Waals surface area contributed by atoms with Crippen molar-refractivity contribution in [1.29, 1.82) is 0 Å². The Bertz CT molecular complexity index is 805. The van der Waals surface area contributed by atoms with Gasteiger partial charge in [0.15, 0.2) is 11.0 Å². The van der Waals surface area contributed by atoms with Gasteiger partial charge in [-0.3, -0.25) is 4.79 Å². The summed E-state index contributed by atoms with van der Waals surface area (Å²) in [6.45, 7) is 0. The van der Waals surface area contributed by atoms with E-state index in [2.05, 4.69) is 15.2 Å². The van der Waals surface area contributed by atoms with E-state index in [4.69, 9.17) is 9.84 Å². The molecule has 6 nitrogen and oxygen atoms in total. The Morgan fingerprint density at radius 1 is 1.09 bits per heavy atom. The molecule has 0 atom stereocenters. The molecule has 3 rings (SSSR count). The van der Waals surface area contributed by atoms with Gasteiger partial charge >= 0.3 is 5.97 Å². The summed E-state index contributed by atoms with van der Waals surface area (Å²) in [7, 11) is 0. The van der Waals surface area contributed by atoms with E-state index >= 15 is 0 Å². The van der Waals surface area contributed by atoms with E-state index in [9.17, 15) is 4.79 Å². The number of benzene rings is 2. The highest BCUT2D eigenvalue weighted by Crippen LogP contribution is 2.26. The molecular weight excluding hydrogens is 314 g/mol. The molecule has 0 fully saturated rings. The van der Waals surface area contributed by atoms with E-state index in [1.807, 2.05) is 54.6 Å². The topological polar surface area (TPSA) is 88.1 Å².